The SMILES string of the molecule is C=CCN(CCC1COC2(CCC(C(C)(C)C(C)C)CC2)O1)C(C)COC. The average molecular weight is 382 g/mol. The first-order chi connectivity index (χ1) is 12.7. The summed E-state index contributed by atoms with van der Waals surface area (Å²) in [6.45, 7) is 19.0. The van der Waals surface area contributed by atoms with Gasteiger partial charge in [0.05, 0.1) is 19.3 Å². The molecule has 0 bridgehead atoms. The Labute approximate surface area is 167 Å². The second-order valence-electron chi connectivity index (χ2n) is 9.59. The highest BCUT2D eigenvalue weighted by Crippen LogP contribution is 2.48. The molecule has 0 aromatic rings. The molecule has 2 atom stereocenters. The van der Waals surface area contributed by atoms with Crippen LogP contribution in [-0.4, -0.2) is 56.2 Å². The standard InChI is InChI=1S/C23H43NO3/c1-8-14-24(19(4)16-25-7)15-11-21-17-26-23(27-21)12-9-20(10-13-23)22(5,6)18(2)3/h8,18-21H,1,9-17H2,2-7H3. The second kappa shape index (κ2) is 9.87. The largest absolute Gasteiger partial charge is 0.383 e. The maximum absolute atomic E-state index is 6.47. The molecule has 2 unspecified atom stereocenters. The summed E-state index contributed by atoms with van der Waals surface area (Å²) in [4.78, 5) is 2.41. The summed E-state index contributed by atoms with van der Waals surface area (Å²) in [6, 6.07) is 0.387. The fourth-order valence-corrected chi connectivity index (χ4v) is 4.61. The Balaban J connectivity index is 1.82. The van der Waals surface area contributed by atoms with Crippen molar-refractivity contribution in [2.75, 3.05) is 33.4 Å². The van der Waals surface area contributed by atoms with Crippen LogP contribution < -0.4 is 0 Å². The summed E-state index contributed by atoms with van der Waals surface area (Å²) >= 11 is 0. The van der Waals surface area contributed by atoms with E-state index >= 15 is 0 Å². The Morgan fingerprint density at radius 1 is 1.26 bits per heavy atom. The van der Waals surface area contributed by atoms with Crippen LogP contribution in [-0.2, 0) is 14.2 Å². The zero-order valence-corrected chi connectivity index (χ0v) is 18.6. The van der Waals surface area contributed by atoms with Gasteiger partial charge in [-0.05, 0) is 43.4 Å². The first-order valence-electron chi connectivity index (χ1n) is 10.9. The zero-order valence-electron chi connectivity index (χ0n) is 18.6. The van der Waals surface area contributed by atoms with E-state index in [9.17, 15) is 0 Å². The molecular formula is C23H43NO3. The minimum absolute atomic E-state index is 0.210. The van der Waals surface area contributed by atoms with Crippen LogP contribution in [0.25, 0.3) is 0 Å². The van der Waals surface area contributed by atoms with Gasteiger partial charge >= 0.3 is 0 Å². The summed E-state index contributed by atoms with van der Waals surface area (Å²) in [5.41, 5.74) is 0.391. The van der Waals surface area contributed by atoms with Crippen molar-refractivity contribution in [3.8, 4) is 0 Å². The molecule has 4 heteroatoms. The molecule has 158 valence electrons. The van der Waals surface area contributed by atoms with Gasteiger partial charge in [0, 0.05) is 39.1 Å². The lowest BCUT2D eigenvalue weighted by atomic mass is 9.64. The number of ether oxygens (including phenoxy) is 3. The van der Waals surface area contributed by atoms with Gasteiger partial charge in [-0.25, -0.2) is 0 Å². The first kappa shape index (κ1) is 22.9. The maximum Gasteiger partial charge on any atom is 0.168 e. The van der Waals surface area contributed by atoms with Crippen molar-refractivity contribution in [1.29, 1.82) is 0 Å². The lowest BCUT2D eigenvalue weighted by Crippen LogP contribution is -2.41. The van der Waals surface area contributed by atoms with E-state index < -0.39 is 0 Å². The smallest absolute Gasteiger partial charge is 0.168 e. The Hall–Kier alpha value is -0.420. The van der Waals surface area contributed by atoms with E-state index in [-0.39, 0.29) is 11.9 Å². The molecule has 1 spiro atoms. The Bertz CT molecular complexity index is 455. The Morgan fingerprint density at radius 3 is 2.48 bits per heavy atom. The molecule has 0 N–H and O–H groups in total. The number of nitrogens with zero attached hydrogens (tertiary/aromatic N) is 1. The molecule has 0 aromatic heterocycles. The zero-order chi connectivity index (χ0) is 20.1. The number of methoxy groups -OCH3 is 1. The van der Waals surface area contributed by atoms with Crippen LogP contribution in [0.4, 0.5) is 0 Å². The van der Waals surface area contributed by atoms with Gasteiger partial charge in [-0.3, -0.25) is 4.90 Å². The van der Waals surface area contributed by atoms with Gasteiger partial charge in [-0.1, -0.05) is 33.8 Å². The molecule has 1 aliphatic heterocycles. The molecule has 27 heavy (non-hydrogen) atoms. The first-order valence-corrected chi connectivity index (χ1v) is 10.9. The van der Waals surface area contributed by atoms with Crippen LogP contribution in [0.3, 0.4) is 0 Å². The molecule has 4 nitrogen and oxygen atoms in total. The van der Waals surface area contributed by atoms with Gasteiger partial charge in [0.2, 0.25) is 0 Å². The highest BCUT2D eigenvalue weighted by atomic mass is 16.7. The summed E-state index contributed by atoms with van der Waals surface area (Å²) in [6.07, 6.45) is 7.70. The van der Waals surface area contributed by atoms with Crippen LogP contribution in [0.2, 0.25) is 0 Å². The molecule has 0 amide bonds. The van der Waals surface area contributed by atoms with Crippen molar-refractivity contribution in [3.63, 3.8) is 0 Å². The Kier molecular flexibility index (Phi) is 8.35. The van der Waals surface area contributed by atoms with Gasteiger partial charge in [-0.15, -0.1) is 6.58 Å². The molecule has 2 rings (SSSR count). The summed E-state index contributed by atoms with van der Waals surface area (Å²) < 4.78 is 18.0. The number of hydrogen-bond donors (Lipinski definition) is 0. The van der Waals surface area contributed by atoms with E-state index in [0.29, 0.717) is 17.4 Å². The number of hydrogen-bond acceptors (Lipinski definition) is 4. The molecule has 0 aromatic carbocycles. The maximum atomic E-state index is 6.47. The lowest BCUT2D eigenvalue weighted by molar-refractivity contribution is -0.198. The highest BCUT2D eigenvalue weighted by molar-refractivity contribution is 4.91. The van der Waals surface area contributed by atoms with E-state index in [1.807, 2.05) is 6.08 Å². The fraction of sp³-hybridized carbons (Fsp3) is 0.913. The van der Waals surface area contributed by atoms with Gasteiger partial charge in [-0.2, -0.15) is 0 Å². The summed E-state index contributed by atoms with van der Waals surface area (Å²) in [7, 11) is 1.76. The topological polar surface area (TPSA) is 30.9 Å². The van der Waals surface area contributed by atoms with Crippen molar-refractivity contribution in [1.82, 2.24) is 4.90 Å². The minimum atomic E-state index is -0.310. The van der Waals surface area contributed by atoms with Crippen LogP contribution in [0.5, 0.6) is 0 Å². The van der Waals surface area contributed by atoms with Crippen molar-refractivity contribution >= 4 is 0 Å². The molecule has 1 saturated heterocycles. The van der Waals surface area contributed by atoms with Crippen molar-refractivity contribution in [2.24, 2.45) is 17.3 Å². The summed E-state index contributed by atoms with van der Waals surface area (Å²) in [5.74, 6) is 1.17. The van der Waals surface area contributed by atoms with E-state index in [4.69, 9.17) is 14.2 Å². The van der Waals surface area contributed by atoms with E-state index in [2.05, 4.69) is 46.1 Å². The van der Waals surface area contributed by atoms with Gasteiger partial charge in [0.1, 0.15) is 0 Å². The predicted octanol–water partition coefficient (Wildman–Crippen LogP) is 4.88. The Morgan fingerprint density at radius 2 is 1.93 bits per heavy atom. The average Bonchev–Trinajstić information content (AvgIpc) is 3.01. The monoisotopic (exact) mass is 381 g/mol. The normalized spacial score (nSPS) is 30.4. The van der Waals surface area contributed by atoms with Crippen molar-refractivity contribution < 1.29 is 14.2 Å². The molecule has 2 fully saturated rings. The van der Waals surface area contributed by atoms with E-state index in [1.54, 1.807) is 7.11 Å². The van der Waals surface area contributed by atoms with Crippen LogP contribution >= 0.6 is 0 Å². The van der Waals surface area contributed by atoms with Crippen LogP contribution in [0.15, 0.2) is 12.7 Å². The highest BCUT2D eigenvalue weighted by Gasteiger charge is 2.47. The third-order valence-corrected chi connectivity index (χ3v) is 7.33. The molecule has 0 radical (unpaired) electrons. The molecule has 1 aliphatic carbocycles. The fourth-order valence-electron chi connectivity index (χ4n) is 4.61. The van der Waals surface area contributed by atoms with Crippen LogP contribution in [0, 0.1) is 17.3 Å². The minimum Gasteiger partial charge on any atom is -0.383 e. The third-order valence-electron chi connectivity index (χ3n) is 7.33. The van der Waals surface area contributed by atoms with Gasteiger partial charge in [0.25, 0.3) is 0 Å². The van der Waals surface area contributed by atoms with Crippen LogP contribution in [0.1, 0.15) is 66.7 Å². The van der Waals surface area contributed by atoms with Gasteiger partial charge < -0.3 is 14.2 Å². The molecule has 2 aliphatic rings. The molecular weight excluding hydrogens is 338 g/mol. The lowest BCUT2D eigenvalue weighted by Gasteiger charge is -2.44. The quantitative estimate of drug-likeness (QED) is 0.505. The van der Waals surface area contributed by atoms with Crippen molar-refractivity contribution in [3.05, 3.63) is 12.7 Å². The second-order valence-corrected chi connectivity index (χ2v) is 9.59. The van der Waals surface area contributed by atoms with Gasteiger partial charge in [0.15, 0.2) is 5.79 Å². The van der Waals surface area contributed by atoms with Crippen molar-refractivity contribution in [2.45, 2.75) is 84.7 Å². The van der Waals surface area contributed by atoms with E-state index in [1.165, 1.54) is 12.8 Å². The summed E-state index contributed by atoms with van der Waals surface area (Å²) in [5, 5.41) is 0. The molecule has 1 saturated carbocycles. The predicted molar refractivity (Wildman–Crippen MR) is 112 cm³/mol. The van der Waals surface area contributed by atoms with E-state index in [0.717, 1.165) is 51.5 Å². The molecule has 1 heterocycles. The third kappa shape index (κ3) is 5.79. The number of rotatable bonds is 10.